The Labute approximate surface area is 241 Å². The molecule has 0 radical (unpaired) electrons. The molecule has 2 amide bonds. The molecule has 2 heterocycles. The number of anilines is 1. The van der Waals surface area contributed by atoms with Crippen LogP contribution in [0.3, 0.4) is 0 Å². The number of nitrogens with one attached hydrogen (secondary N) is 3. The first-order chi connectivity index (χ1) is 19.6. The maximum absolute atomic E-state index is 13.2. The molecule has 3 N–H and O–H groups in total. The lowest BCUT2D eigenvalue weighted by atomic mass is 9.86. The van der Waals surface area contributed by atoms with Crippen LogP contribution in [-0.4, -0.2) is 69.1 Å². The van der Waals surface area contributed by atoms with E-state index >= 15 is 0 Å². The quantitative estimate of drug-likeness (QED) is 0.376. The Morgan fingerprint density at radius 3 is 2.61 bits per heavy atom. The van der Waals surface area contributed by atoms with Crippen LogP contribution < -0.4 is 10.6 Å². The zero-order valence-corrected chi connectivity index (χ0v) is 24.9. The van der Waals surface area contributed by atoms with Crippen molar-refractivity contribution in [3.8, 4) is 11.1 Å². The Morgan fingerprint density at radius 2 is 1.93 bits per heavy atom. The minimum Gasteiger partial charge on any atom is -0.381 e. The lowest BCUT2D eigenvalue weighted by Crippen LogP contribution is -2.33. The number of benzene rings is 2. The van der Waals surface area contributed by atoms with E-state index in [2.05, 4.69) is 15.6 Å². The van der Waals surface area contributed by atoms with Crippen molar-refractivity contribution in [3.05, 3.63) is 59.3 Å². The summed E-state index contributed by atoms with van der Waals surface area (Å²) >= 11 is 0. The molecule has 5 rings (SSSR count). The number of aromatic amines is 1. The van der Waals surface area contributed by atoms with Gasteiger partial charge in [-0.15, -0.1) is 0 Å². The SMILES string of the molecule is CNC(=O)c1ccc(-c2cccc(NC(=O)C3CCCC(OC)C3)c2C)c2cc(C3=CCN(S(C)(=O)=O)CC3)[nH]c12. The zero-order valence-electron chi connectivity index (χ0n) is 24.0. The number of rotatable bonds is 7. The van der Waals surface area contributed by atoms with Crippen molar-refractivity contribution in [3.63, 3.8) is 0 Å². The van der Waals surface area contributed by atoms with E-state index in [1.54, 1.807) is 14.2 Å². The Morgan fingerprint density at radius 1 is 1.12 bits per heavy atom. The molecule has 2 atom stereocenters. The molecule has 1 aromatic heterocycles. The molecule has 218 valence electrons. The summed E-state index contributed by atoms with van der Waals surface area (Å²) in [6.07, 6.45) is 7.39. The first kappa shape index (κ1) is 29.0. The van der Waals surface area contributed by atoms with Crippen LogP contribution in [0.1, 0.15) is 53.7 Å². The fourth-order valence-electron chi connectivity index (χ4n) is 6.04. The van der Waals surface area contributed by atoms with Crippen molar-refractivity contribution in [2.24, 2.45) is 5.92 Å². The van der Waals surface area contributed by atoms with Crippen LogP contribution >= 0.6 is 0 Å². The topological polar surface area (TPSA) is 121 Å². The summed E-state index contributed by atoms with van der Waals surface area (Å²) in [5.74, 6) is -0.260. The van der Waals surface area contributed by atoms with E-state index in [0.717, 1.165) is 64.7 Å². The van der Waals surface area contributed by atoms with Crippen molar-refractivity contribution >= 4 is 44.0 Å². The van der Waals surface area contributed by atoms with Gasteiger partial charge in [0, 0.05) is 49.9 Å². The van der Waals surface area contributed by atoms with Crippen molar-refractivity contribution < 1.29 is 22.7 Å². The van der Waals surface area contributed by atoms with Gasteiger partial charge in [-0.05, 0) is 73.1 Å². The number of fused-ring (bicyclic) bond motifs is 1. The average Bonchev–Trinajstić information content (AvgIpc) is 3.43. The standard InChI is InChI=1S/C31H38N4O5S/c1-19-23(9-6-10-27(19)34-30(36)21-7-5-8-22(17-21)40-3)24-11-12-25(31(37)32-2)29-26(24)18-28(33-29)20-13-15-35(16-14-20)41(4,38)39/h6,9-13,18,21-22,33H,5,7-8,14-17H2,1-4H3,(H,32,37)(H,34,36). The molecule has 9 nitrogen and oxygen atoms in total. The number of amides is 2. The molecule has 0 spiro atoms. The molecule has 0 saturated heterocycles. The predicted octanol–water partition coefficient (Wildman–Crippen LogP) is 4.70. The normalized spacial score (nSPS) is 20.0. The highest BCUT2D eigenvalue weighted by molar-refractivity contribution is 7.88. The molecule has 1 saturated carbocycles. The largest absolute Gasteiger partial charge is 0.381 e. The number of ether oxygens (including phenoxy) is 1. The maximum Gasteiger partial charge on any atom is 0.253 e. The van der Waals surface area contributed by atoms with Gasteiger partial charge < -0.3 is 20.4 Å². The van der Waals surface area contributed by atoms with E-state index in [1.807, 2.05) is 49.4 Å². The van der Waals surface area contributed by atoms with Gasteiger partial charge in [-0.1, -0.05) is 30.7 Å². The molecule has 1 aliphatic carbocycles. The number of hydrogen-bond donors (Lipinski definition) is 3. The fraction of sp³-hybridized carbons (Fsp3) is 0.419. The molecule has 0 bridgehead atoms. The van der Waals surface area contributed by atoms with Gasteiger partial charge in [0.2, 0.25) is 15.9 Å². The second kappa shape index (κ2) is 11.8. The Hall–Kier alpha value is -3.47. The second-order valence-corrected chi connectivity index (χ2v) is 13.0. The van der Waals surface area contributed by atoms with Crippen LogP contribution in [0.15, 0.2) is 42.5 Å². The molecule has 2 aromatic carbocycles. The van der Waals surface area contributed by atoms with E-state index in [9.17, 15) is 18.0 Å². The molecule has 3 aromatic rings. The number of carbonyl (C=O) groups excluding carboxylic acids is 2. The number of carbonyl (C=O) groups is 2. The fourth-order valence-corrected chi connectivity index (χ4v) is 6.81. The number of H-pyrrole nitrogens is 1. The highest BCUT2D eigenvalue weighted by Crippen LogP contribution is 2.38. The van der Waals surface area contributed by atoms with Gasteiger partial charge in [0.05, 0.1) is 23.4 Å². The van der Waals surface area contributed by atoms with Crippen LogP contribution in [0.25, 0.3) is 27.6 Å². The summed E-state index contributed by atoms with van der Waals surface area (Å²) < 4.78 is 30.9. The maximum atomic E-state index is 13.2. The summed E-state index contributed by atoms with van der Waals surface area (Å²) in [7, 11) is 0.0487. The van der Waals surface area contributed by atoms with Crippen molar-refractivity contribution in [2.75, 3.05) is 38.8 Å². The van der Waals surface area contributed by atoms with E-state index in [4.69, 9.17) is 4.74 Å². The number of hydrogen-bond acceptors (Lipinski definition) is 5. The van der Waals surface area contributed by atoms with Crippen molar-refractivity contribution in [1.29, 1.82) is 0 Å². The van der Waals surface area contributed by atoms with E-state index in [0.29, 0.717) is 30.6 Å². The third kappa shape index (κ3) is 5.95. The number of aromatic nitrogens is 1. The van der Waals surface area contributed by atoms with Gasteiger partial charge >= 0.3 is 0 Å². The van der Waals surface area contributed by atoms with Crippen molar-refractivity contribution in [1.82, 2.24) is 14.6 Å². The summed E-state index contributed by atoms with van der Waals surface area (Å²) in [6, 6.07) is 11.7. The number of sulfonamides is 1. The second-order valence-electron chi connectivity index (χ2n) is 11.0. The number of methoxy groups -OCH3 is 1. The molecule has 10 heteroatoms. The smallest absolute Gasteiger partial charge is 0.253 e. The highest BCUT2D eigenvalue weighted by Gasteiger charge is 2.28. The Balaban J connectivity index is 1.52. The van der Waals surface area contributed by atoms with Crippen LogP contribution in [-0.2, 0) is 19.6 Å². The number of nitrogens with zero attached hydrogens (tertiary/aromatic N) is 1. The Kier molecular flexibility index (Phi) is 8.35. The molecule has 2 aliphatic rings. The first-order valence-corrected chi connectivity index (χ1v) is 15.9. The Bertz CT molecular complexity index is 1620. The van der Waals surface area contributed by atoms with Gasteiger partial charge in [-0.3, -0.25) is 9.59 Å². The zero-order chi connectivity index (χ0) is 29.3. The van der Waals surface area contributed by atoms with Crippen molar-refractivity contribution in [2.45, 2.75) is 45.1 Å². The first-order valence-electron chi connectivity index (χ1n) is 14.1. The molecule has 41 heavy (non-hydrogen) atoms. The van der Waals surface area contributed by atoms with Gasteiger partial charge in [-0.25, -0.2) is 8.42 Å². The average molecular weight is 579 g/mol. The summed E-state index contributed by atoms with van der Waals surface area (Å²) in [6.45, 7) is 2.72. The van der Waals surface area contributed by atoms with Gasteiger partial charge in [0.1, 0.15) is 0 Å². The summed E-state index contributed by atoms with van der Waals surface area (Å²) in [4.78, 5) is 29.4. The minimum absolute atomic E-state index is 0.0171. The van der Waals surface area contributed by atoms with E-state index < -0.39 is 10.0 Å². The summed E-state index contributed by atoms with van der Waals surface area (Å²) in [5, 5.41) is 6.77. The highest BCUT2D eigenvalue weighted by atomic mass is 32.2. The summed E-state index contributed by atoms with van der Waals surface area (Å²) in [5.41, 5.74) is 6.71. The molecule has 2 unspecified atom stereocenters. The van der Waals surface area contributed by atoms with E-state index in [-0.39, 0.29) is 23.8 Å². The predicted molar refractivity (Wildman–Crippen MR) is 162 cm³/mol. The third-order valence-corrected chi connectivity index (χ3v) is 9.73. The monoisotopic (exact) mass is 578 g/mol. The van der Waals surface area contributed by atoms with Crippen LogP contribution in [0.5, 0.6) is 0 Å². The lowest BCUT2D eigenvalue weighted by molar-refractivity contribution is -0.122. The van der Waals surface area contributed by atoms with Crippen LogP contribution in [0.4, 0.5) is 5.69 Å². The van der Waals surface area contributed by atoms with Crippen LogP contribution in [0, 0.1) is 12.8 Å². The third-order valence-electron chi connectivity index (χ3n) is 8.46. The molecular weight excluding hydrogens is 540 g/mol. The molecule has 1 aliphatic heterocycles. The molecular formula is C31H38N4O5S. The lowest BCUT2D eigenvalue weighted by Gasteiger charge is -2.27. The van der Waals surface area contributed by atoms with E-state index in [1.165, 1.54) is 10.6 Å². The van der Waals surface area contributed by atoms with Gasteiger partial charge in [0.25, 0.3) is 5.91 Å². The van der Waals surface area contributed by atoms with Gasteiger partial charge in [0.15, 0.2) is 0 Å². The van der Waals surface area contributed by atoms with Gasteiger partial charge in [-0.2, -0.15) is 4.31 Å². The molecule has 1 fully saturated rings. The minimum atomic E-state index is -3.26. The van der Waals surface area contributed by atoms with Crippen LogP contribution in [0.2, 0.25) is 0 Å².